The molecule has 1 atom stereocenters. The molecule has 0 bridgehead atoms. The van der Waals surface area contributed by atoms with E-state index in [0.717, 1.165) is 25.7 Å². The van der Waals surface area contributed by atoms with Gasteiger partial charge < -0.3 is 5.11 Å². The molecular weight excluding hydrogens is 178 g/mol. The van der Waals surface area contributed by atoms with E-state index >= 15 is 0 Å². The average molecular weight is 195 g/mol. The quantitative estimate of drug-likeness (QED) is 0.701. The van der Waals surface area contributed by atoms with Crippen LogP contribution < -0.4 is 0 Å². The lowest BCUT2D eigenvalue weighted by Gasteiger charge is -2.14. The first-order chi connectivity index (χ1) is 6.66. The van der Waals surface area contributed by atoms with Gasteiger partial charge in [-0.1, -0.05) is 26.2 Å². The topological polar surface area (TPSA) is 49.7 Å². The van der Waals surface area contributed by atoms with Crippen LogP contribution in [0.4, 0.5) is 0 Å². The standard InChI is InChI=1S/C11H17NO2/c1-3-4-5-6-9-7-12-8(2)10(13)11(9)14/h7,9,13H,3-6H2,1-2H3. The van der Waals surface area contributed by atoms with Crippen LogP contribution in [-0.4, -0.2) is 17.1 Å². The Bertz CT molecular complexity index is 279. The molecule has 0 radical (unpaired) electrons. The van der Waals surface area contributed by atoms with Gasteiger partial charge in [0.05, 0.1) is 11.6 Å². The summed E-state index contributed by atoms with van der Waals surface area (Å²) in [4.78, 5) is 15.5. The van der Waals surface area contributed by atoms with E-state index in [2.05, 4.69) is 11.9 Å². The summed E-state index contributed by atoms with van der Waals surface area (Å²) in [5, 5.41) is 9.39. The molecule has 0 aromatic carbocycles. The zero-order valence-corrected chi connectivity index (χ0v) is 8.79. The molecule has 1 N–H and O–H groups in total. The Morgan fingerprint density at radius 2 is 2.21 bits per heavy atom. The highest BCUT2D eigenvalue weighted by Crippen LogP contribution is 2.19. The molecule has 0 spiro atoms. The van der Waals surface area contributed by atoms with Gasteiger partial charge in [0.2, 0.25) is 5.78 Å². The van der Waals surface area contributed by atoms with Crippen LogP contribution in [0, 0.1) is 5.92 Å². The van der Waals surface area contributed by atoms with Crippen LogP contribution in [0.25, 0.3) is 0 Å². The van der Waals surface area contributed by atoms with Crippen molar-refractivity contribution in [2.45, 2.75) is 39.5 Å². The van der Waals surface area contributed by atoms with Gasteiger partial charge in [-0.2, -0.15) is 0 Å². The number of rotatable bonds is 4. The fraction of sp³-hybridized carbons (Fsp3) is 0.636. The first-order valence-corrected chi connectivity index (χ1v) is 5.15. The van der Waals surface area contributed by atoms with Gasteiger partial charge in [0.15, 0.2) is 5.76 Å². The fourth-order valence-electron chi connectivity index (χ4n) is 1.50. The van der Waals surface area contributed by atoms with Crippen LogP contribution in [0.1, 0.15) is 39.5 Å². The van der Waals surface area contributed by atoms with Crippen molar-refractivity contribution in [1.29, 1.82) is 0 Å². The molecular formula is C11H17NO2. The average Bonchev–Trinajstić information content (AvgIpc) is 2.18. The van der Waals surface area contributed by atoms with Crippen LogP contribution in [0.3, 0.4) is 0 Å². The maximum Gasteiger partial charge on any atom is 0.207 e. The highest BCUT2D eigenvalue weighted by atomic mass is 16.3. The summed E-state index contributed by atoms with van der Waals surface area (Å²) in [5.41, 5.74) is 0.432. The van der Waals surface area contributed by atoms with E-state index in [1.54, 1.807) is 13.1 Å². The summed E-state index contributed by atoms with van der Waals surface area (Å²) < 4.78 is 0. The zero-order chi connectivity index (χ0) is 10.6. The van der Waals surface area contributed by atoms with E-state index in [1.807, 2.05) is 0 Å². The molecule has 78 valence electrons. The van der Waals surface area contributed by atoms with Gasteiger partial charge in [-0.3, -0.25) is 9.79 Å². The van der Waals surface area contributed by atoms with Crippen LogP contribution >= 0.6 is 0 Å². The molecule has 0 saturated carbocycles. The van der Waals surface area contributed by atoms with Crippen LogP contribution in [0.15, 0.2) is 16.4 Å². The smallest absolute Gasteiger partial charge is 0.207 e. The van der Waals surface area contributed by atoms with E-state index < -0.39 is 0 Å². The molecule has 0 fully saturated rings. The van der Waals surface area contributed by atoms with E-state index in [9.17, 15) is 9.90 Å². The number of carbonyl (C=O) groups is 1. The third-order valence-corrected chi connectivity index (χ3v) is 2.48. The highest BCUT2D eigenvalue weighted by molar-refractivity contribution is 6.06. The van der Waals surface area contributed by atoms with Crippen molar-refractivity contribution < 1.29 is 9.90 Å². The minimum absolute atomic E-state index is 0.158. The minimum Gasteiger partial charge on any atom is -0.503 e. The third-order valence-electron chi connectivity index (χ3n) is 2.48. The zero-order valence-electron chi connectivity index (χ0n) is 8.79. The lowest BCUT2D eigenvalue weighted by atomic mass is 9.94. The lowest BCUT2D eigenvalue weighted by molar-refractivity contribution is -0.120. The number of hydrogen-bond donors (Lipinski definition) is 1. The Morgan fingerprint density at radius 3 is 2.86 bits per heavy atom. The molecule has 1 aliphatic heterocycles. The Hall–Kier alpha value is -1.12. The summed E-state index contributed by atoms with van der Waals surface area (Å²) in [6.07, 6.45) is 5.74. The summed E-state index contributed by atoms with van der Waals surface area (Å²) in [6.45, 7) is 3.77. The Kier molecular flexibility index (Phi) is 3.86. The SMILES string of the molecule is CCCCCC1C=NC(C)=C(O)C1=O. The molecule has 3 heteroatoms. The van der Waals surface area contributed by atoms with Crippen molar-refractivity contribution in [3.63, 3.8) is 0 Å². The Morgan fingerprint density at radius 1 is 1.50 bits per heavy atom. The number of nitrogens with zero attached hydrogens (tertiary/aromatic N) is 1. The molecule has 1 unspecified atom stereocenters. The largest absolute Gasteiger partial charge is 0.503 e. The van der Waals surface area contributed by atoms with Crippen LogP contribution in [-0.2, 0) is 4.79 Å². The van der Waals surface area contributed by atoms with E-state index in [4.69, 9.17) is 0 Å². The lowest BCUT2D eigenvalue weighted by Crippen LogP contribution is -2.22. The molecule has 0 aromatic rings. The molecule has 1 heterocycles. The number of Topliss-reactive ketones (excluding diaryl/α,β-unsaturated/α-hetero) is 1. The van der Waals surface area contributed by atoms with E-state index in [1.165, 1.54) is 0 Å². The number of aliphatic hydroxyl groups excluding tert-OH is 1. The predicted molar refractivity (Wildman–Crippen MR) is 56.5 cm³/mol. The van der Waals surface area contributed by atoms with Gasteiger partial charge in [-0.05, 0) is 13.3 Å². The predicted octanol–water partition coefficient (Wildman–Crippen LogP) is 2.63. The number of unbranched alkanes of at least 4 members (excludes halogenated alkanes) is 2. The van der Waals surface area contributed by atoms with Crippen molar-refractivity contribution in [2.75, 3.05) is 0 Å². The maximum absolute atomic E-state index is 11.5. The molecule has 0 aromatic heterocycles. The van der Waals surface area contributed by atoms with E-state index in [0.29, 0.717) is 5.70 Å². The fourth-order valence-corrected chi connectivity index (χ4v) is 1.50. The minimum atomic E-state index is -0.203. The van der Waals surface area contributed by atoms with Crippen molar-refractivity contribution >= 4 is 12.0 Å². The highest BCUT2D eigenvalue weighted by Gasteiger charge is 2.24. The van der Waals surface area contributed by atoms with Crippen LogP contribution in [0.2, 0.25) is 0 Å². The summed E-state index contributed by atoms with van der Waals surface area (Å²) in [6, 6.07) is 0. The van der Waals surface area contributed by atoms with Gasteiger partial charge in [-0.15, -0.1) is 0 Å². The van der Waals surface area contributed by atoms with Crippen molar-refractivity contribution in [2.24, 2.45) is 10.9 Å². The molecule has 0 amide bonds. The molecule has 1 aliphatic rings. The first-order valence-electron chi connectivity index (χ1n) is 5.15. The molecule has 0 saturated heterocycles. The summed E-state index contributed by atoms with van der Waals surface area (Å²) in [5.74, 6) is -0.534. The van der Waals surface area contributed by atoms with Gasteiger partial charge in [0.1, 0.15) is 0 Å². The van der Waals surface area contributed by atoms with Gasteiger partial charge >= 0.3 is 0 Å². The number of carbonyl (C=O) groups excluding carboxylic acids is 1. The normalized spacial score (nSPS) is 21.9. The molecule has 14 heavy (non-hydrogen) atoms. The second-order valence-electron chi connectivity index (χ2n) is 3.68. The van der Waals surface area contributed by atoms with E-state index in [-0.39, 0.29) is 17.5 Å². The Labute approximate surface area is 84.5 Å². The van der Waals surface area contributed by atoms with Crippen molar-refractivity contribution in [1.82, 2.24) is 0 Å². The second-order valence-corrected chi connectivity index (χ2v) is 3.68. The molecule has 0 aliphatic carbocycles. The summed E-state index contributed by atoms with van der Waals surface area (Å²) >= 11 is 0. The molecule has 3 nitrogen and oxygen atoms in total. The monoisotopic (exact) mass is 195 g/mol. The van der Waals surface area contributed by atoms with Gasteiger partial charge in [0, 0.05) is 6.21 Å². The second kappa shape index (κ2) is 4.94. The van der Waals surface area contributed by atoms with Gasteiger partial charge in [-0.25, -0.2) is 0 Å². The Balaban J connectivity index is 2.51. The number of hydrogen-bond acceptors (Lipinski definition) is 3. The van der Waals surface area contributed by atoms with Crippen molar-refractivity contribution in [3.05, 3.63) is 11.5 Å². The third kappa shape index (κ3) is 2.44. The van der Waals surface area contributed by atoms with Crippen LogP contribution in [0.5, 0.6) is 0 Å². The number of allylic oxidation sites excluding steroid dienone is 2. The first kappa shape index (κ1) is 11.0. The number of aliphatic imine (C=N–C) groups is 1. The number of aliphatic hydroxyl groups is 1. The van der Waals surface area contributed by atoms with Crippen molar-refractivity contribution in [3.8, 4) is 0 Å². The van der Waals surface area contributed by atoms with Gasteiger partial charge in [0.25, 0.3) is 0 Å². The molecule has 1 rings (SSSR count). The maximum atomic E-state index is 11.5. The summed E-state index contributed by atoms with van der Waals surface area (Å²) in [7, 11) is 0. The number of ketones is 1.